The van der Waals surface area contributed by atoms with Gasteiger partial charge in [0.1, 0.15) is 5.58 Å². The topological polar surface area (TPSA) is 50.4 Å². The molecule has 0 aliphatic rings. The van der Waals surface area contributed by atoms with Gasteiger partial charge in [-0.1, -0.05) is 41.4 Å². The highest BCUT2D eigenvalue weighted by Gasteiger charge is 2.22. The van der Waals surface area contributed by atoms with Gasteiger partial charge < -0.3 is 9.52 Å². The molecule has 0 radical (unpaired) electrons. The van der Waals surface area contributed by atoms with Crippen LogP contribution in [-0.2, 0) is 0 Å². The predicted octanol–water partition coefficient (Wildman–Crippen LogP) is 5.10. The average molecular weight is 307 g/mol. The Morgan fingerprint density at radius 3 is 2.55 bits per heavy atom. The zero-order valence-corrected chi connectivity index (χ0v) is 11.6. The van der Waals surface area contributed by atoms with E-state index in [9.17, 15) is 9.90 Å². The van der Waals surface area contributed by atoms with Crippen LogP contribution in [0.4, 0.5) is 0 Å². The predicted molar refractivity (Wildman–Crippen MR) is 78.6 cm³/mol. The van der Waals surface area contributed by atoms with Gasteiger partial charge in [-0.3, -0.25) is 0 Å². The third-order valence-electron chi connectivity index (χ3n) is 2.99. The Morgan fingerprint density at radius 1 is 1.10 bits per heavy atom. The highest BCUT2D eigenvalue weighted by Crippen LogP contribution is 2.39. The Bertz CT molecular complexity index is 821. The molecule has 1 aromatic heterocycles. The van der Waals surface area contributed by atoms with Gasteiger partial charge in [0.05, 0.1) is 0 Å². The average Bonchev–Trinajstić information content (AvgIpc) is 2.78. The highest BCUT2D eigenvalue weighted by molar-refractivity contribution is 6.34. The van der Waals surface area contributed by atoms with E-state index in [1.165, 1.54) is 0 Å². The van der Waals surface area contributed by atoms with Crippen molar-refractivity contribution in [2.24, 2.45) is 0 Å². The van der Waals surface area contributed by atoms with Crippen molar-refractivity contribution in [3.05, 3.63) is 58.3 Å². The van der Waals surface area contributed by atoms with Gasteiger partial charge in [0, 0.05) is 26.6 Å². The van der Waals surface area contributed by atoms with Gasteiger partial charge in [-0.25, -0.2) is 4.79 Å². The molecule has 3 nitrogen and oxygen atoms in total. The summed E-state index contributed by atoms with van der Waals surface area (Å²) in [7, 11) is 0. The summed E-state index contributed by atoms with van der Waals surface area (Å²) in [6, 6.07) is 12.0. The lowest BCUT2D eigenvalue weighted by molar-refractivity contribution is 0.0666. The summed E-state index contributed by atoms with van der Waals surface area (Å²) in [5, 5.41) is 10.9. The second-order valence-electron chi connectivity index (χ2n) is 4.23. The molecule has 0 atom stereocenters. The first-order valence-electron chi connectivity index (χ1n) is 5.78. The molecule has 3 aromatic rings. The molecule has 0 amide bonds. The minimum atomic E-state index is -1.15. The number of carboxylic acids is 1. The zero-order valence-electron chi connectivity index (χ0n) is 10.1. The van der Waals surface area contributed by atoms with Crippen LogP contribution in [0.25, 0.3) is 22.1 Å². The van der Waals surface area contributed by atoms with Crippen LogP contribution in [0, 0.1) is 0 Å². The monoisotopic (exact) mass is 306 g/mol. The Hall–Kier alpha value is -1.97. The number of hydrogen-bond donors (Lipinski definition) is 1. The van der Waals surface area contributed by atoms with E-state index in [0.717, 1.165) is 0 Å². The molecule has 5 heteroatoms. The van der Waals surface area contributed by atoms with Gasteiger partial charge in [-0.05, 0) is 24.3 Å². The number of benzene rings is 2. The van der Waals surface area contributed by atoms with E-state index in [-0.39, 0.29) is 5.76 Å². The summed E-state index contributed by atoms with van der Waals surface area (Å²) in [6.45, 7) is 0. The summed E-state index contributed by atoms with van der Waals surface area (Å²) in [5.74, 6) is -1.29. The second kappa shape index (κ2) is 4.85. The number of rotatable bonds is 2. The largest absolute Gasteiger partial charge is 0.475 e. The van der Waals surface area contributed by atoms with Gasteiger partial charge in [0.2, 0.25) is 5.76 Å². The summed E-state index contributed by atoms with van der Waals surface area (Å²) < 4.78 is 5.41. The van der Waals surface area contributed by atoms with E-state index in [1.54, 1.807) is 42.5 Å². The third kappa shape index (κ3) is 2.05. The number of aromatic carboxylic acids is 1. The van der Waals surface area contributed by atoms with Crippen molar-refractivity contribution in [3.8, 4) is 11.1 Å². The number of furan rings is 1. The standard InChI is InChI=1S/C15H8Cl2O3/c16-8-5-6-12-10(7-8)13(14(20-12)15(18)19)9-3-1-2-4-11(9)17/h1-7H,(H,18,19). The van der Waals surface area contributed by atoms with Crippen LogP contribution in [0.15, 0.2) is 46.9 Å². The summed E-state index contributed by atoms with van der Waals surface area (Å²) >= 11 is 12.1. The molecule has 0 aliphatic carbocycles. The van der Waals surface area contributed by atoms with Crippen LogP contribution in [-0.4, -0.2) is 11.1 Å². The molecule has 3 rings (SSSR count). The molecule has 20 heavy (non-hydrogen) atoms. The Balaban J connectivity index is 2.43. The first-order chi connectivity index (χ1) is 9.58. The molecule has 0 aliphatic heterocycles. The van der Waals surface area contributed by atoms with Crippen molar-refractivity contribution in [1.82, 2.24) is 0 Å². The normalized spacial score (nSPS) is 10.9. The maximum absolute atomic E-state index is 11.4. The Labute approximate surface area is 124 Å². The Kier molecular flexibility index (Phi) is 3.16. The molecule has 0 bridgehead atoms. The van der Waals surface area contributed by atoms with Gasteiger partial charge >= 0.3 is 5.97 Å². The second-order valence-corrected chi connectivity index (χ2v) is 5.08. The maximum atomic E-state index is 11.4. The van der Waals surface area contributed by atoms with E-state index in [1.807, 2.05) is 0 Å². The fraction of sp³-hybridized carbons (Fsp3) is 0. The fourth-order valence-corrected chi connectivity index (χ4v) is 2.55. The SMILES string of the molecule is O=C(O)c1oc2ccc(Cl)cc2c1-c1ccccc1Cl. The van der Waals surface area contributed by atoms with Crippen LogP contribution in [0.5, 0.6) is 0 Å². The lowest BCUT2D eigenvalue weighted by Gasteiger charge is -2.03. The lowest BCUT2D eigenvalue weighted by Crippen LogP contribution is -1.96. The molecule has 0 saturated heterocycles. The van der Waals surface area contributed by atoms with Crippen molar-refractivity contribution >= 4 is 40.1 Å². The minimum absolute atomic E-state index is 0.143. The van der Waals surface area contributed by atoms with Crippen LogP contribution >= 0.6 is 23.2 Å². The quantitative estimate of drug-likeness (QED) is 0.716. The highest BCUT2D eigenvalue weighted by atomic mass is 35.5. The number of hydrogen-bond acceptors (Lipinski definition) is 2. The van der Waals surface area contributed by atoms with E-state index in [2.05, 4.69) is 0 Å². The first-order valence-corrected chi connectivity index (χ1v) is 6.54. The number of halogens is 2. The van der Waals surface area contributed by atoms with Crippen LogP contribution in [0.3, 0.4) is 0 Å². The molecule has 0 fully saturated rings. The molecule has 1 N–H and O–H groups in total. The number of fused-ring (bicyclic) bond motifs is 1. The lowest BCUT2D eigenvalue weighted by atomic mass is 10.0. The number of carbonyl (C=O) groups is 1. The van der Waals surface area contributed by atoms with Crippen molar-refractivity contribution in [1.29, 1.82) is 0 Å². The van der Waals surface area contributed by atoms with Crippen molar-refractivity contribution in [2.75, 3.05) is 0 Å². The fourth-order valence-electron chi connectivity index (χ4n) is 2.15. The third-order valence-corrected chi connectivity index (χ3v) is 3.55. The zero-order chi connectivity index (χ0) is 14.3. The van der Waals surface area contributed by atoms with Gasteiger partial charge in [0.15, 0.2) is 0 Å². The molecule has 0 spiro atoms. The van der Waals surface area contributed by atoms with Gasteiger partial charge in [0.25, 0.3) is 0 Å². The van der Waals surface area contributed by atoms with Crippen LogP contribution in [0.2, 0.25) is 10.0 Å². The van der Waals surface area contributed by atoms with E-state index in [4.69, 9.17) is 27.6 Å². The minimum Gasteiger partial charge on any atom is -0.475 e. The van der Waals surface area contributed by atoms with E-state index < -0.39 is 5.97 Å². The van der Waals surface area contributed by atoms with E-state index in [0.29, 0.717) is 32.1 Å². The van der Waals surface area contributed by atoms with Crippen LogP contribution < -0.4 is 0 Å². The molecule has 2 aromatic carbocycles. The van der Waals surface area contributed by atoms with Crippen molar-refractivity contribution < 1.29 is 14.3 Å². The number of carboxylic acid groups (broad SMARTS) is 1. The van der Waals surface area contributed by atoms with Crippen molar-refractivity contribution in [3.63, 3.8) is 0 Å². The molecule has 100 valence electrons. The molecule has 0 saturated carbocycles. The maximum Gasteiger partial charge on any atom is 0.372 e. The summed E-state index contributed by atoms with van der Waals surface area (Å²) in [4.78, 5) is 11.4. The van der Waals surface area contributed by atoms with Crippen LogP contribution in [0.1, 0.15) is 10.6 Å². The van der Waals surface area contributed by atoms with Gasteiger partial charge in [-0.2, -0.15) is 0 Å². The van der Waals surface area contributed by atoms with E-state index >= 15 is 0 Å². The summed E-state index contributed by atoms with van der Waals surface area (Å²) in [6.07, 6.45) is 0. The molecular weight excluding hydrogens is 299 g/mol. The van der Waals surface area contributed by atoms with Gasteiger partial charge in [-0.15, -0.1) is 0 Å². The first kappa shape index (κ1) is 13.0. The molecule has 0 unspecified atom stereocenters. The van der Waals surface area contributed by atoms with Crippen molar-refractivity contribution in [2.45, 2.75) is 0 Å². The molecule has 1 heterocycles. The summed E-state index contributed by atoms with van der Waals surface area (Å²) in [5.41, 5.74) is 1.51. The smallest absolute Gasteiger partial charge is 0.372 e. The molecular formula is C15H8Cl2O3. The Morgan fingerprint density at radius 2 is 1.85 bits per heavy atom.